The normalized spacial score (nSPS) is 10.9. The van der Waals surface area contributed by atoms with E-state index in [2.05, 4.69) is 10.6 Å². The second-order valence-electron chi connectivity index (χ2n) is 5.11. The summed E-state index contributed by atoms with van der Waals surface area (Å²) in [4.78, 5) is 23.8. The smallest absolute Gasteiger partial charge is 0.253 e. The van der Waals surface area contributed by atoms with Crippen molar-refractivity contribution in [2.75, 3.05) is 11.9 Å². The maximum Gasteiger partial charge on any atom is 0.253 e. The van der Waals surface area contributed by atoms with Crippen LogP contribution < -0.4 is 10.6 Å². The lowest BCUT2D eigenvalue weighted by molar-refractivity contribution is -0.123. The van der Waals surface area contributed by atoms with Crippen molar-refractivity contribution in [3.05, 3.63) is 29.8 Å². The zero-order valence-electron chi connectivity index (χ0n) is 11.3. The zero-order valence-corrected chi connectivity index (χ0v) is 11.3. The van der Waals surface area contributed by atoms with E-state index in [0.717, 1.165) is 0 Å². The quantitative estimate of drug-likeness (QED) is 0.863. The Morgan fingerprint density at radius 1 is 1.17 bits per heavy atom. The summed E-state index contributed by atoms with van der Waals surface area (Å²) in [5, 5.41) is 5.51. The molecule has 0 bridgehead atoms. The molecule has 4 nitrogen and oxygen atoms in total. The monoisotopic (exact) mass is 248 g/mol. The van der Waals surface area contributed by atoms with E-state index in [1.807, 2.05) is 27.7 Å². The Balaban J connectivity index is 2.96. The van der Waals surface area contributed by atoms with Crippen LogP contribution in [0.5, 0.6) is 0 Å². The molecular formula is C14H20N2O2. The number of para-hydroxylation sites is 1. The first kappa shape index (κ1) is 14.2. The molecule has 0 atom stereocenters. The lowest BCUT2D eigenvalue weighted by atomic mass is 9.95. The Hall–Kier alpha value is -1.84. The van der Waals surface area contributed by atoms with Crippen molar-refractivity contribution in [2.45, 2.75) is 27.7 Å². The molecule has 0 radical (unpaired) electrons. The van der Waals surface area contributed by atoms with Crippen molar-refractivity contribution >= 4 is 17.5 Å². The van der Waals surface area contributed by atoms with Crippen LogP contribution in [0.4, 0.5) is 5.69 Å². The van der Waals surface area contributed by atoms with Crippen molar-refractivity contribution in [1.82, 2.24) is 5.32 Å². The first-order valence-electron chi connectivity index (χ1n) is 6.05. The molecule has 0 aromatic heterocycles. The summed E-state index contributed by atoms with van der Waals surface area (Å²) >= 11 is 0. The first-order chi connectivity index (χ1) is 8.36. The van der Waals surface area contributed by atoms with Crippen LogP contribution >= 0.6 is 0 Å². The Morgan fingerprint density at radius 3 is 2.33 bits per heavy atom. The van der Waals surface area contributed by atoms with E-state index in [0.29, 0.717) is 17.8 Å². The van der Waals surface area contributed by atoms with Gasteiger partial charge in [0.05, 0.1) is 11.3 Å². The maximum atomic E-state index is 11.9. The number of carbonyl (C=O) groups excluding carboxylic acids is 2. The minimum Gasteiger partial charge on any atom is -0.352 e. The molecule has 98 valence electrons. The number of hydrogen-bond donors (Lipinski definition) is 2. The van der Waals surface area contributed by atoms with Gasteiger partial charge in [0.1, 0.15) is 0 Å². The summed E-state index contributed by atoms with van der Waals surface area (Å²) < 4.78 is 0. The molecule has 0 heterocycles. The highest BCUT2D eigenvalue weighted by Crippen LogP contribution is 2.20. The molecule has 2 amide bonds. The van der Waals surface area contributed by atoms with E-state index in [1.54, 1.807) is 24.3 Å². The van der Waals surface area contributed by atoms with Gasteiger partial charge in [0.2, 0.25) is 5.91 Å². The molecule has 1 aromatic carbocycles. The minimum atomic E-state index is -0.492. The highest BCUT2D eigenvalue weighted by molar-refractivity contribution is 6.04. The molecular weight excluding hydrogens is 228 g/mol. The molecule has 18 heavy (non-hydrogen) atoms. The molecule has 0 aliphatic rings. The number of benzene rings is 1. The first-order valence-corrected chi connectivity index (χ1v) is 6.05. The van der Waals surface area contributed by atoms with Gasteiger partial charge in [-0.3, -0.25) is 9.59 Å². The Labute approximate surface area is 108 Å². The molecule has 0 saturated carbocycles. The second kappa shape index (κ2) is 5.67. The molecule has 2 N–H and O–H groups in total. The van der Waals surface area contributed by atoms with Crippen LogP contribution in [-0.4, -0.2) is 18.4 Å². The zero-order chi connectivity index (χ0) is 13.8. The van der Waals surface area contributed by atoms with Crippen molar-refractivity contribution in [3.63, 3.8) is 0 Å². The van der Waals surface area contributed by atoms with Gasteiger partial charge in [-0.1, -0.05) is 32.9 Å². The van der Waals surface area contributed by atoms with Crippen molar-refractivity contribution in [3.8, 4) is 0 Å². The molecule has 0 aliphatic carbocycles. The Bertz CT molecular complexity index is 447. The fourth-order valence-corrected chi connectivity index (χ4v) is 1.36. The SMILES string of the molecule is CCNC(=O)c1ccccc1NC(=O)C(C)(C)C. The summed E-state index contributed by atoms with van der Waals surface area (Å²) in [7, 11) is 0. The summed E-state index contributed by atoms with van der Waals surface area (Å²) in [5.74, 6) is -0.290. The molecule has 1 aromatic rings. The lowest BCUT2D eigenvalue weighted by Crippen LogP contribution is -2.30. The molecule has 1 rings (SSSR count). The number of carbonyl (C=O) groups is 2. The van der Waals surface area contributed by atoms with Crippen LogP contribution in [0.1, 0.15) is 38.1 Å². The van der Waals surface area contributed by atoms with Crippen LogP contribution in [0.3, 0.4) is 0 Å². The summed E-state index contributed by atoms with van der Waals surface area (Å²) in [6.45, 7) is 7.90. The fraction of sp³-hybridized carbons (Fsp3) is 0.429. The average molecular weight is 248 g/mol. The van der Waals surface area contributed by atoms with E-state index in [9.17, 15) is 9.59 Å². The minimum absolute atomic E-state index is 0.112. The highest BCUT2D eigenvalue weighted by atomic mass is 16.2. The standard InChI is InChI=1S/C14H20N2O2/c1-5-15-12(17)10-8-6-7-9-11(10)16-13(18)14(2,3)4/h6-9H,5H2,1-4H3,(H,15,17)(H,16,18). The Kier molecular flexibility index (Phi) is 4.48. The molecule has 0 saturated heterocycles. The van der Waals surface area contributed by atoms with Gasteiger partial charge in [-0.15, -0.1) is 0 Å². The van der Waals surface area contributed by atoms with Crippen LogP contribution in [0.2, 0.25) is 0 Å². The number of nitrogens with one attached hydrogen (secondary N) is 2. The van der Waals surface area contributed by atoms with Gasteiger partial charge >= 0.3 is 0 Å². The highest BCUT2D eigenvalue weighted by Gasteiger charge is 2.22. The number of anilines is 1. The maximum absolute atomic E-state index is 11.9. The summed E-state index contributed by atoms with van der Waals surface area (Å²) in [6, 6.07) is 7.00. The van der Waals surface area contributed by atoms with Gasteiger partial charge in [-0.05, 0) is 19.1 Å². The lowest BCUT2D eigenvalue weighted by Gasteiger charge is -2.19. The predicted molar refractivity (Wildman–Crippen MR) is 72.5 cm³/mol. The van der Waals surface area contributed by atoms with Crippen molar-refractivity contribution in [1.29, 1.82) is 0 Å². The van der Waals surface area contributed by atoms with Gasteiger partial charge < -0.3 is 10.6 Å². The van der Waals surface area contributed by atoms with Gasteiger partial charge in [0.15, 0.2) is 0 Å². The second-order valence-corrected chi connectivity index (χ2v) is 5.11. The van der Waals surface area contributed by atoms with E-state index in [1.165, 1.54) is 0 Å². The van der Waals surface area contributed by atoms with Crippen LogP contribution in [0, 0.1) is 5.41 Å². The summed E-state index contributed by atoms with van der Waals surface area (Å²) in [5.41, 5.74) is 0.536. The van der Waals surface area contributed by atoms with E-state index in [-0.39, 0.29) is 11.8 Å². The summed E-state index contributed by atoms with van der Waals surface area (Å²) in [6.07, 6.45) is 0. The molecule has 0 fully saturated rings. The van der Waals surface area contributed by atoms with E-state index < -0.39 is 5.41 Å². The number of rotatable bonds is 3. The third-order valence-corrected chi connectivity index (χ3v) is 2.44. The van der Waals surface area contributed by atoms with E-state index >= 15 is 0 Å². The van der Waals surface area contributed by atoms with E-state index in [4.69, 9.17) is 0 Å². The Morgan fingerprint density at radius 2 is 1.78 bits per heavy atom. The molecule has 0 unspecified atom stereocenters. The molecule has 0 spiro atoms. The van der Waals surface area contributed by atoms with Gasteiger partial charge in [0, 0.05) is 12.0 Å². The predicted octanol–water partition coefficient (Wildman–Crippen LogP) is 2.42. The molecule has 0 aliphatic heterocycles. The third-order valence-electron chi connectivity index (χ3n) is 2.44. The number of hydrogen-bond acceptors (Lipinski definition) is 2. The average Bonchev–Trinajstić information content (AvgIpc) is 2.28. The fourth-order valence-electron chi connectivity index (χ4n) is 1.36. The number of amides is 2. The van der Waals surface area contributed by atoms with Gasteiger partial charge in [-0.2, -0.15) is 0 Å². The van der Waals surface area contributed by atoms with Crippen molar-refractivity contribution < 1.29 is 9.59 Å². The molecule has 4 heteroatoms. The van der Waals surface area contributed by atoms with Crippen LogP contribution in [-0.2, 0) is 4.79 Å². The third kappa shape index (κ3) is 3.58. The van der Waals surface area contributed by atoms with Crippen molar-refractivity contribution in [2.24, 2.45) is 5.41 Å². The van der Waals surface area contributed by atoms with Gasteiger partial charge in [-0.25, -0.2) is 0 Å². The largest absolute Gasteiger partial charge is 0.352 e. The van der Waals surface area contributed by atoms with Crippen LogP contribution in [0.25, 0.3) is 0 Å². The van der Waals surface area contributed by atoms with Gasteiger partial charge in [0.25, 0.3) is 5.91 Å². The van der Waals surface area contributed by atoms with Crippen LogP contribution in [0.15, 0.2) is 24.3 Å². The topological polar surface area (TPSA) is 58.2 Å².